The Balaban J connectivity index is 1.63. The number of fused-ring (bicyclic) bond motifs is 1. The van der Waals surface area contributed by atoms with Crippen LogP contribution in [0.2, 0.25) is 0 Å². The molecule has 3 aromatic rings. The van der Waals surface area contributed by atoms with Crippen LogP contribution in [0.15, 0.2) is 34.7 Å². The average Bonchev–Trinajstić information content (AvgIpc) is 2.97. The number of aryl methyl sites for hydroxylation is 4. The van der Waals surface area contributed by atoms with Gasteiger partial charge in [0.1, 0.15) is 5.69 Å². The van der Waals surface area contributed by atoms with E-state index in [1.165, 1.54) is 10.9 Å². The molecule has 3 heterocycles. The summed E-state index contributed by atoms with van der Waals surface area (Å²) in [6, 6.07) is 4.03. The van der Waals surface area contributed by atoms with Crippen molar-refractivity contribution in [3.63, 3.8) is 0 Å². The van der Waals surface area contributed by atoms with E-state index in [0.717, 1.165) is 27.7 Å². The molecule has 1 aliphatic heterocycles. The summed E-state index contributed by atoms with van der Waals surface area (Å²) >= 11 is 0. The van der Waals surface area contributed by atoms with Crippen molar-refractivity contribution in [1.29, 1.82) is 0 Å². The Morgan fingerprint density at radius 3 is 2.44 bits per heavy atom. The highest BCUT2D eigenvalue weighted by molar-refractivity contribution is 7.95. The Labute approximate surface area is 187 Å². The van der Waals surface area contributed by atoms with Gasteiger partial charge in [-0.25, -0.2) is 22.6 Å². The van der Waals surface area contributed by atoms with Crippen LogP contribution in [0.25, 0.3) is 11.7 Å². The summed E-state index contributed by atoms with van der Waals surface area (Å²) in [4.78, 5) is 19.1. The Kier molecular flexibility index (Phi) is 5.83. The third-order valence-electron chi connectivity index (χ3n) is 5.58. The van der Waals surface area contributed by atoms with E-state index < -0.39 is 10.0 Å². The second-order valence-corrected chi connectivity index (χ2v) is 9.62. The summed E-state index contributed by atoms with van der Waals surface area (Å²) in [7, 11) is -2.15. The van der Waals surface area contributed by atoms with Gasteiger partial charge in [-0.3, -0.25) is 9.52 Å². The Bertz CT molecular complexity index is 1340. The smallest absolute Gasteiger partial charge is 0.292 e. The van der Waals surface area contributed by atoms with Gasteiger partial charge in [0.05, 0.1) is 36.7 Å². The minimum Gasteiger partial charge on any atom is -0.378 e. The monoisotopic (exact) mass is 457 g/mol. The summed E-state index contributed by atoms with van der Waals surface area (Å²) in [5.74, 6) is 0. The number of nitrogens with zero attached hydrogens (tertiary/aromatic N) is 4. The number of morpholine rings is 1. The van der Waals surface area contributed by atoms with Crippen LogP contribution in [0.5, 0.6) is 0 Å². The number of ether oxygens (including phenoxy) is 1. The first-order valence-electron chi connectivity index (χ1n) is 10.3. The maximum absolute atomic E-state index is 12.8. The molecule has 1 aromatic carbocycles. The molecule has 1 N–H and O–H groups in total. The van der Waals surface area contributed by atoms with Crippen LogP contribution in [-0.2, 0) is 21.8 Å². The molecule has 0 spiro atoms. The van der Waals surface area contributed by atoms with Crippen LogP contribution >= 0.6 is 0 Å². The van der Waals surface area contributed by atoms with Crippen LogP contribution in [0, 0.1) is 20.8 Å². The van der Waals surface area contributed by atoms with Crippen LogP contribution in [0.1, 0.15) is 22.3 Å². The lowest BCUT2D eigenvalue weighted by atomic mass is 10.0. The lowest BCUT2D eigenvalue weighted by Crippen LogP contribution is -2.39. The number of aromatic nitrogens is 3. The summed E-state index contributed by atoms with van der Waals surface area (Å²) < 4.78 is 36.2. The van der Waals surface area contributed by atoms with Crippen molar-refractivity contribution >= 4 is 33.1 Å². The summed E-state index contributed by atoms with van der Waals surface area (Å²) in [5.41, 5.74) is 5.07. The average molecular weight is 458 g/mol. The van der Waals surface area contributed by atoms with Gasteiger partial charge in [0.25, 0.3) is 15.6 Å². The molecular formula is C22H27N5O4S. The first kappa shape index (κ1) is 22.1. The van der Waals surface area contributed by atoms with Crippen molar-refractivity contribution in [2.45, 2.75) is 20.8 Å². The van der Waals surface area contributed by atoms with Crippen molar-refractivity contribution in [1.82, 2.24) is 14.2 Å². The molecule has 1 aliphatic rings. The molecule has 0 amide bonds. The molecule has 0 atom stereocenters. The van der Waals surface area contributed by atoms with Gasteiger partial charge >= 0.3 is 0 Å². The van der Waals surface area contributed by atoms with E-state index in [9.17, 15) is 13.2 Å². The molecule has 0 unspecified atom stereocenters. The van der Waals surface area contributed by atoms with Crippen LogP contribution < -0.4 is 15.2 Å². The largest absolute Gasteiger partial charge is 0.378 e. The zero-order chi connectivity index (χ0) is 23.0. The van der Waals surface area contributed by atoms with Crippen molar-refractivity contribution in [2.24, 2.45) is 7.05 Å². The number of benzene rings is 1. The number of hydrogen-bond acceptors (Lipinski definition) is 6. The van der Waals surface area contributed by atoms with E-state index in [2.05, 4.69) is 9.71 Å². The van der Waals surface area contributed by atoms with Crippen molar-refractivity contribution < 1.29 is 13.2 Å². The standard InChI is InChI=1S/C22H27N5O4S/c1-15-11-16(2)19(17(3)12-15)5-10-32(29,30)24-18-13-23-21-20(26-6-8-31-9-7-26)22(28)25(4)27(21)14-18/h5,10-14,24H,6-9H2,1-4H3/b10-5+. The third-order valence-corrected chi connectivity index (χ3v) is 6.59. The first-order valence-corrected chi connectivity index (χ1v) is 11.9. The SMILES string of the molecule is Cc1cc(C)c(/C=C/S(=O)(=O)Nc2cnc3c(N4CCOCC4)c(=O)n(C)n3c2)c(C)c1. The van der Waals surface area contributed by atoms with Crippen molar-refractivity contribution in [2.75, 3.05) is 35.9 Å². The minimum atomic E-state index is -3.78. The number of anilines is 2. The highest BCUT2D eigenvalue weighted by Crippen LogP contribution is 2.21. The Morgan fingerprint density at radius 2 is 1.78 bits per heavy atom. The molecule has 2 aromatic heterocycles. The minimum absolute atomic E-state index is 0.190. The maximum atomic E-state index is 12.8. The molecule has 0 saturated carbocycles. The molecule has 0 radical (unpaired) electrons. The third kappa shape index (κ3) is 4.28. The summed E-state index contributed by atoms with van der Waals surface area (Å²) in [6.45, 7) is 8.22. The number of rotatable bonds is 5. The van der Waals surface area contributed by atoms with Crippen molar-refractivity contribution in [3.05, 3.63) is 62.5 Å². The molecule has 170 valence electrons. The van der Waals surface area contributed by atoms with E-state index in [-0.39, 0.29) is 11.2 Å². The number of nitrogens with one attached hydrogen (secondary N) is 1. The lowest BCUT2D eigenvalue weighted by molar-refractivity contribution is 0.122. The van der Waals surface area contributed by atoms with Gasteiger partial charge in [-0.15, -0.1) is 0 Å². The van der Waals surface area contributed by atoms with E-state index in [1.54, 1.807) is 23.8 Å². The summed E-state index contributed by atoms with van der Waals surface area (Å²) in [5, 5.41) is 1.15. The highest BCUT2D eigenvalue weighted by Gasteiger charge is 2.22. The van der Waals surface area contributed by atoms with Crippen molar-refractivity contribution in [3.8, 4) is 0 Å². The normalized spacial score (nSPS) is 15.1. The second kappa shape index (κ2) is 8.44. The predicted octanol–water partition coefficient (Wildman–Crippen LogP) is 2.21. The van der Waals surface area contributed by atoms with Gasteiger partial charge in [-0.1, -0.05) is 17.7 Å². The fourth-order valence-electron chi connectivity index (χ4n) is 4.09. The molecule has 0 aliphatic carbocycles. The predicted molar refractivity (Wildman–Crippen MR) is 126 cm³/mol. The van der Waals surface area contributed by atoms with Crippen LogP contribution in [-0.4, -0.2) is 48.9 Å². The van der Waals surface area contributed by atoms with Gasteiger partial charge < -0.3 is 9.64 Å². The number of hydrogen-bond donors (Lipinski definition) is 1. The second-order valence-electron chi connectivity index (χ2n) is 8.05. The first-order chi connectivity index (χ1) is 15.2. The van der Waals surface area contributed by atoms with Gasteiger partial charge in [-0.05, 0) is 43.5 Å². The van der Waals surface area contributed by atoms with E-state index in [1.807, 2.05) is 37.8 Å². The van der Waals surface area contributed by atoms with Gasteiger partial charge in [0, 0.05) is 20.1 Å². The van der Waals surface area contributed by atoms with Crippen LogP contribution in [0.3, 0.4) is 0 Å². The zero-order valence-electron chi connectivity index (χ0n) is 18.6. The van der Waals surface area contributed by atoms with E-state index in [4.69, 9.17) is 4.74 Å². The molecule has 9 nitrogen and oxygen atoms in total. The Morgan fingerprint density at radius 1 is 1.12 bits per heavy atom. The fourth-order valence-corrected chi connectivity index (χ4v) is 4.90. The lowest BCUT2D eigenvalue weighted by Gasteiger charge is -2.26. The molecule has 32 heavy (non-hydrogen) atoms. The fraction of sp³-hybridized carbons (Fsp3) is 0.364. The van der Waals surface area contributed by atoms with Gasteiger partial charge in [0.15, 0.2) is 5.65 Å². The van der Waals surface area contributed by atoms with E-state index >= 15 is 0 Å². The molecule has 10 heteroatoms. The highest BCUT2D eigenvalue weighted by atomic mass is 32.2. The maximum Gasteiger partial charge on any atom is 0.292 e. The molecule has 4 rings (SSSR count). The van der Waals surface area contributed by atoms with Gasteiger partial charge in [0.2, 0.25) is 0 Å². The summed E-state index contributed by atoms with van der Waals surface area (Å²) in [6.07, 6.45) is 4.58. The Hall–Kier alpha value is -3.11. The zero-order valence-corrected chi connectivity index (χ0v) is 19.4. The molecule has 1 saturated heterocycles. The van der Waals surface area contributed by atoms with Gasteiger partial charge in [-0.2, -0.15) is 0 Å². The van der Waals surface area contributed by atoms with Crippen LogP contribution in [0.4, 0.5) is 11.4 Å². The molecule has 1 fully saturated rings. The number of sulfonamides is 1. The van der Waals surface area contributed by atoms with E-state index in [0.29, 0.717) is 37.6 Å². The molecular weight excluding hydrogens is 430 g/mol. The quantitative estimate of drug-likeness (QED) is 0.631. The molecule has 0 bridgehead atoms. The topological polar surface area (TPSA) is 97.9 Å².